The topological polar surface area (TPSA) is 69.7 Å². The lowest BCUT2D eigenvalue weighted by atomic mass is 9.88. The van der Waals surface area contributed by atoms with Crippen molar-refractivity contribution in [1.29, 1.82) is 0 Å². The molecule has 138 valence electrons. The molecule has 0 saturated heterocycles. The van der Waals surface area contributed by atoms with Crippen LogP contribution >= 0.6 is 0 Å². The smallest absolute Gasteiger partial charge is 0.312 e. The van der Waals surface area contributed by atoms with Crippen molar-refractivity contribution < 1.29 is 22.8 Å². The summed E-state index contributed by atoms with van der Waals surface area (Å²) in [6.45, 7) is 0. The van der Waals surface area contributed by atoms with Gasteiger partial charge in [-0.1, -0.05) is 12.1 Å². The van der Waals surface area contributed by atoms with E-state index in [-0.39, 0.29) is 23.6 Å². The van der Waals surface area contributed by atoms with Crippen LogP contribution in [-0.4, -0.2) is 5.97 Å². The lowest BCUT2D eigenvalue weighted by Crippen LogP contribution is -2.21. The number of furan rings is 1. The highest BCUT2D eigenvalue weighted by atomic mass is 19.1. The van der Waals surface area contributed by atoms with Gasteiger partial charge in [0.2, 0.25) is 5.43 Å². The second kappa shape index (κ2) is 6.20. The van der Waals surface area contributed by atoms with Gasteiger partial charge in [-0.2, -0.15) is 0 Å². The van der Waals surface area contributed by atoms with Crippen LogP contribution in [0, 0.1) is 5.82 Å². The summed E-state index contributed by atoms with van der Waals surface area (Å²) in [5, 5.41) is 0.357. The average Bonchev–Trinajstić information content (AvgIpc) is 3.23. The number of ether oxygens (including phenoxy) is 1. The summed E-state index contributed by atoms with van der Waals surface area (Å²) < 4.78 is 29.9. The van der Waals surface area contributed by atoms with E-state index in [1.165, 1.54) is 36.8 Å². The van der Waals surface area contributed by atoms with Gasteiger partial charge in [-0.05, 0) is 42.0 Å². The zero-order chi connectivity index (χ0) is 19.3. The molecule has 6 heteroatoms. The fraction of sp³-hybridized carbons (Fsp3) is 0.0909. The minimum atomic E-state index is -0.408. The van der Waals surface area contributed by atoms with Crippen LogP contribution in [0.2, 0.25) is 0 Å². The van der Waals surface area contributed by atoms with E-state index in [9.17, 15) is 14.0 Å². The zero-order valence-corrected chi connectivity index (χ0v) is 14.5. The molecule has 5 nitrogen and oxygen atoms in total. The SMILES string of the molecule is O=C1C[C@H](c2ccco2)c2c(ccc3c(=O)c(-c4ccc(F)cc4)coc23)O1. The molecule has 28 heavy (non-hydrogen) atoms. The molecule has 1 atom stereocenters. The molecule has 1 aliphatic rings. The Morgan fingerprint density at radius 3 is 2.54 bits per heavy atom. The van der Waals surface area contributed by atoms with Gasteiger partial charge in [0.25, 0.3) is 0 Å². The third-order valence-corrected chi connectivity index (χ3v) is 4.92. The van der Waals surface area contributed by atoms with E-state index < -0.39 is 5.92 Å². The first-order valence-electron chi connectivity index (χ1n) is 8.70. The van der Waals surface area contributed by atoms with Crippen molar-refractivity contribution in [1.82, 2.24) is 0 Å². The van der Waals surface area contributed by atoms with Gasteiger partial charge >= 0.3 is 5.97 Å². The van der Waals surface area contributed by atoms with Gasteiger partial charge in [0.15, 0.2) is 0 Å². The van der Waals surface area contributed by atoms with Gasteiger partial charge in [0.05, 0.1) is 29.6 Å². The maximum Gasteiger partial charge on any atom is 0.312 e. The van der Waals surface area contributed by atoms with Gasteiger partial charge in [0, 0.05) is 5.56 Å². The molecule has 0 amide bonds. The van der Waals surface area contributed by atoms with Gasteiger partial charge in [-0.15, -0.1) is 0 Å². The van der Waals surface area contributed by atoms with E-state index in [0.717, 1.165) is 0 Å². The normalized spacial score (nSPS) is 16.0. The highest BCUT2D eigenvalue weighted by Gasteiger charge is 2.33. The predicted molar refractivity (Wildman–Crippen MR) is 98.7 cm³/mol. The summed E-state index contributed by atoms with van der Waals surface area (Å²) in [5.41, 5.74) is 1.60. The molecule has 0 N–H and O–H groups in total. The van der Waals surface area contributed by atoms with E-state index in [4.69, 9.17) is 13.6 Å². The molecule has 2 aromatic carbocycles. The van der Waals surface area contributed by atoms with Crippen molar-refractivity contribution >= 4 is 16.9 Å². The number of carbonyl (C=O) groups excluding carboxylic acids is 1. The monoisotopic (exact) mass is 376 g/mol. The van der Waals surface area contributed by atoms with E-state index >= 15 is 0 Å². The Balaban J connectivity index is 1.74. The van der Waals surface area contributed by atoms with Crippen LogP contribution in [0.15, 0.2) is 74.7 Å². The third-order valence-electron chi connectivity index (χ3n) is 4.92. The first kappa shape index (κ1) is 16.5. The summed E-state index contributed by atoms with van der Waals surface area (Å²) in [7, 11) is 0. The molecule has 5 rings (SSSR count). The van der Waals surface area contributed by atoms with Crippen LogP contribution in [0.25, 0.3) is 22.1 Å². The quantitative estimate of drug-likeness (QED) is 0.377. The average molecular weight is 376 g/mol. The predicted octanol–water partition coefficient (Wildman–Crippen LogP) is 4.63. The second-order valence-corrected chi connectivity index (χ2v) is 6.59. The van der Waals surface area contributed by atoms with Crippen molar-refractivity contribution in [2.75, 3.05) is 0 Å². The number of rotatable bonds is 2. The number of hydrogen-bond donors (Lipinski definition) is 0. The Bertz CT molecular complexity index is 1250. The lowest BCUT2D eigenvalue weighted by Gasteiger charge is -2.23. The highest BCUT2D eigenvalue weighted by Crippen LogP contribution is 2.42. The molecule has 1 aliphatic heterocycles. The van der Waals surface area contributed by atoms with E-state index in [2.05, 4.69) is 0 Å². The van der Waals surface area contributed by atoms with Crippen LogP contribution < -0.4 is 10.2 Å². The molecule has 3 heterocycles. The maximum absolute atomic E-state index is 13.2. The first-order valence-corrected chi connectivity index (χ1v) is 8.70. The maximum atomic E-state index is 13.2. The second-order valence-electron chi connectivity index (χ2n) is 6.59. The molecule has 2 aromatic heterocycles. The standard InChI is InChI=1S/C22H13FO5/c23-13-5-3-12(4-6-13)16-11-27-22-14(21(16)25)7-8-18-20(22)15(10-19(24)28-18)17-2-1-9-26-17/h1-9,11,15H,10H2/t15-/m1/s1. The lowest BCUT2D eigenvalue weighted by molar-refractivity contribution is -0.135. The van der Waals surface area contributed by atoms with Crippen LogP contribution in [-0.2, 0) is 4.79 Å². The van der Waals surface area contributed by atoms with E-state index in [1.54, 1.807) is 24.3 Å². The Morgan fingerprint density at radius 2 is 1.79 bits per heavy atom. The molecule has 0 fully saturated rings. The van der Waals surface area contributed by atoms with Crippen LogP contribution in [0.1, 0.15) is 23.7 Å². The van der Waals surface area contributed by atoms with Crippen LogP contribution in [0.4, 0.5) is 4.39 Å². The Kier molecular flexibility index (Phi) is 3.65. The summed E-state index contributed by atoms with van der Waals surface area (Å²) in [6.07, 6.45) is 2.97. The van der Waals surface area contributed by atoms with Gasteiger partial charge in [0.1, 0.15) is 29.2 Å². The van der Waals surface area contributed by atoms with Crippen molar-refractivity contribution in [3.05, 3.63) is 88.4 Å². The summed E-state index contributed by atoms with van der Waals surface area (Å²) in [6, 6.07) is 12.3. The molecule has 0 bridgehead atoms. The Labute approximate surface area is 158 Å². The van der Waals surface area contributed by atoms with Crippen LogP contribution in [0.5, 0.6) is 5.75 Å². The van der Waals surface area contributed by atoms with E-state index in [1.807, 2.05) is 0 Å². The number of hydrogen-bond acceptors (Lipinski definition) is 5. The molecule has 0 saturated carbocycles. The summed E-state index contributed by atoms with van der Waals surface area (Å²) in [4.78, 5) is 25.1. The van der Waals surface area contributed by atoms with Gasteiger partial charge < -0.3 is 13.6 Å². The van der Waals surface area contributed by atoms with Crippen molar-refractivity contribution in [2.45, 2.75) is 12.3 Å². The number of halogens is 1. The minimum absolute atomic E-state index is 0.0864. The van der Waals surface area contributed by atoms with Crippen molar-refractivity contribution in [3.8, 4) is 16.9 Å². The van der Waals surface area contributed by atoms with Crippen molar-refractivity contribution in [2.24, 2.45) is 0 Å². The molecule has 0 aliphatic carbocycles. The van der Waals surface area contributed by atoms with Gasteiger partial charge in [-0.25, -0.2) is 4.39 Å². The molecular weight excluding hydrogens is 363 g/mol. The summed E-state index contributed by atoms with van der Waals surface area (Å²) >= 11 is 0. The molecular formula is C22H13FO5. The first-order chi connectivity index (χ1) is 13.6. The third kappa shape index (κ3) is 2.53. The number of esters is 1. The zero-order valence-electron chi connectivity index (χ0n) is 14.5. The Morgan fingerprint density at radius 1 is 0.964 bits per heavy atom. The fourth-order valence-corrected chi connectivity index (χ4v) is 3.62. The fourth-order valence-electron chi connectivity index (χ4n) is 3.62. The highest BCUT2D eigenvalue weighted by molar-refractivity contribution is 5.90. The molecule has 4 aromatic rings. The molecule has 0 unspecified atom stereocenters. The number of fused-ring (bicyclic) bond motifs is 3. The number of carbonyl (C=O) groups is 1. The molecule has 0 radical (unpaired) electrons. The van der Waals surface area contributed by atoms with E-state index in [0.29, 0.717) is 39.2 Å². The summed E-state index contributed by atoms with van der Waals surface area (Å²) in [5.74, 6) is -0.224. The number of benzene rings is 2. The minimum Gasteiger partial charge on any atom is -0.469 e. The van der Waals surface area contributed by atoms with Crippen LogP contribution in [0.3, 0.4) is 0 Å². The van der Waals surface area contributed by atoms with Crippen molar-refractivity contribution in [3.63, 3.8) is 0 Å². The Hall–Kier alpha value is -3.67. The van der Waals surface area contributed by atoms with Gasteiger partial charge in [-0.3, -0.25) is 9.59 Å². The largest absolute Gasteiger partial charge is 0.469 e. The molecule has 0 spiro atoms.